The molecule has 0 radical (unpaired) electrons. The minimum atomic E-state index is 0.602. The highest BCUT2D eigenvalue weighted by molar-refractivity contribution is 14.1. The van der Waals surface area contributed by atoms with Crippen molar-refractivity contribution in [2.24, 2.45) is 5.92 Å². The highest BCUT2D eigenvalue weighted by Gasteiger charge is 2.23. The van der Waals surface area contributed by atoms with Crippen LogP contribution in [-0.2, 0) is 0 Å². The van der Waals surface area contributed by atoms with Crippen molar-refractivity contribution in [3.8, 4) is 0 Å². The molecular formula is C13H20INS. The lowest BCUT2D eigenvalue weighted by atomic mass is 9.80. The second-order valence-electron chi connectivity index (χ2n) is 4.72. The summed E-state index contributed by atoms with van der Waals surface area (Å²) in [7, 11) is 0. The van der Waals surface area contributed by atoms with Crippen LogP contribution in [0.4, 0.5) is 0 Å². The van der Waals surface area contributed by atoms with E-state index in [1.165, 1.54) is 40.6 Å². The van der Waals surface area contributed by atoms with Crippen molar-refractivity contribution in [1.82, 2.24) is 5.32 Å². The van der Waals surface area contributed by atoms with Crippen molar-refractivity contribution in [1.29, 1.82) is 0 Å². The zero-order valence-electron chi connectivity index (χ0n) is 9.84. The summed E-state index contributed by atoms with van der Waals surface area (Å²) in [6.45, 7) is 3.38. The fourth-order valence-electron chi connectivity index (χ4n) is 2.22. The number of nitrogens with one attached hydrogen (secondary N) is 1. The first-order chi connectivity index (χ1) is 7.79. The Morgan fingerprint density at radius 2 is 2.38 bits per heavy atom. The van der Waals surface area contributed by atoms with Crippen LogP contribution in [0, 0.1) is 8.80 Å². The zero-order valence-corrected chi connectivity index (χ0v) is 12.8. The first kappa shape index (κ1) is 12.8. The van der Waals surface area contributed by atoms with Crippen LogP contribution in [0.25, 0.3) is 0 Å². The second-order valence-corrected chi connectivity index (χ2v) is 7.53. The van der Waals surface area contributed by atoms with Gasteiger partial charge < -0.3 is 5.32 Å². The monoisotopic (exact) mass is 349 g/mol. The van der Waals surface area contributed by atoms with Gasteiger partial charge in [-0.1, -0.05) is 26.2 Å². The Hall–Kier alpha value is 0.390. The number of halogens is 1. The third-order valence-corrected chi connectivity index (χ3v) is 5.23. The molecule has 0 amide bonds. The van der Waals surface area contributed by atoms with Gasteiger partial charge in [0.1, 0.15) is 0 Å². The first-order valence-corrected chi connectivity index (χ1v) is 8.22. The molecule has 1 aromatic heterocycles. The molecule has 1 nitrogen and oxygen atoms in total. The van der Waals surface area contributed by atoms with Gasteiger partial charge in [0.2, 0.25) is 0 Å². The molecule has 0 aromatic carbocycles. The van der Waals surface area contributed by atoms with Crippen LogP contribution in [0.15, 0.2) is 11.4 Å². The summed E-state index contributed by atoms with van der Waals surface area (Å²) in [5.41, 5.74) is 1.51. The van der Waals surface area contributed by atoms with Gasteiger partial charge in [0.15, 0.2) is 0 Å². The number of thiophene rings is 1. The highest BCUT2D eigenvalue weighted by Crippen LogP contribution is 2.35. The van der Waals surface area contributed by atoms with Crippen LogP contribution >= 0.6 is 33.9 Å². The summed E-state index contributed by atoms with van der Waals surface area (Å²) in [5.74, 6) is 0.979. The van der Waals surface area contributed by atoms with Gasteiger partial charge in [-0.3, -0.25) is 0 Å². The molecule has 1 saturated carbocycles. The van der Waals surface area contributed by atoms with E-state index in [-0.39, 0.29) is 0 Å². The molecule has 0 spiro atoms. The lowest BCUT2D eigenvalue weighted by molar-refractivity contribution is 0.261. The molecule has 3 heteroatoms. The molecule has 0 saturated heterocycles. The Labute approximate surface area is 116 Å². The standard InChI is InChI=1S/C13H20INS/c1-2-6-15-12(7-10-4-3-5-10)11-8-13(14)16-9-11/h8-10,12,15H,2-7H2,1H3. The van der Waals surface area contributed by atoms with Crippen LogP contribution in [0.5, 0.6) is 0 Å². The number of hydrogen-bond donors (Lipinski definition) is 1. The largest absolute Gasteiger partial charge is 0.310 e. The van der Waals surface area contributed by atoms with Gasteiger partial charge in [-0.25, -0.2) is 0 Å². The highest BCUT2D eigenvalue weighted by atomic mass is 127. The minimum Gasteiger partial charge on any atom is -0.310 e. The summed E-state index contributed by atoms with van der Waals surface area (Å²) in [6.07, 6.45) is 6.92. The lowest BCUT2D eigenvalue weighted by Gasteiger charge is -2.30. The van der Waals surface area contributed by atoms with E-state index in [9.17, 15) is 0 Å². The maximum Gasteiger partial charge on any atom is 0.0656 e. The van der Waals surface area contributed by atoms with Crippen molar-refractivity contribution in [3.63, 3.8) is 0 Å². The Morgan fingerprint density at radius 1 is 1.56 bits per heavy atom. The summed E-state index contributed by atoms with van der Waals surface area (Å²) in [6, 6.07) is 2.95. The maximum absolute atomic E-state index is 3.70. The fraction of sp³-hybridized carbons (Fsp3) is 0.692. The molecule has 90 valence electrons. The molecule has 16 heavy (non-hydrogen) atoms. The normalized spacial score (nSPS) is 18.4. The molecule has 1 aliphatic carbocycles. The Morgan fingerprint density at radius 3 is 2.88 bits per heavy atom. The zero-order chi connectivity index (χ0) is 11.4. The summed E-state index contributed by atoms with van der Waals surface area (Å²) in [4.78, 5) is 0. The van der Waals surface area contributed by atoms with Crippen LogP contribution in [0.3, 0.4) is 0 Å². The predicted molar refractivity (Wildman–Crippen MR) is 80.0 cm³/mol. The van der Waals surface area contributed by atoms with E-state index in [4.69, 9.17) is 0 Å². The molecule has 1 fully saturated rings. The van der Waals surface area contributed by atoms with E-state index in [1.54, 1.807) is 0 Å². The van der Waals surface area contributed by atoms with E-state index >= 15 is 0 Å². The van der Waals surface area contributed by atoms with Gasteiger partial charge in [-0.2, -0.15) is 0 Å². The molecule has 1 atom stereocenters. The van der Waals surface area contributed by atoms with Gasteiger partial charge in [0.25, 0.3) is 0 Å². The summed E-state index contributed by atoms with van der Waals surface area (Å²) >= 11 is 4.28. The van der Waals surface area contributed by atoms with Crippen LogP contribution < -0.4 is 5.32 Å². The Kier molecular flexibility index (Phi) is 5.10. The Bertz CT molecular complexity index is 319. The van der Waals surface area contributed by atoms with E-state index in [1.807, 2.05) is 11.3 Å². The van der Waals surface area contributed by atoms with Crippen molar-refractivity contribution < 1.29 is 0 Å². The third-order valence-electron chi connectivity index (χ3n) is 3.42. The summed E-state index contributed by atoms with van der Waals surface area (Å²) in [5, 5.41) is 6.03. The van der Waals surface area contributed by atoms with Crippen LogP contribution in [-0.4, -0.2) is 6.54 Å². The lowest BCUT2D eigenvalue weighted by Crippen LogP contribution is -2.26. The molecule has 0 bridgehead atoms. The number of rotatable bonds is 6. The van der Waals surface area contributed by atoms with Gasteiger partial charge in [-0.05, 0) is 64.9 Å². The van der Waals surface area contributed by atoms with Crippen molar-refractivity contribution in [3.05, 3.63) is 19.9 Å². The summed E-state index contributed by atoms with van der Waals surface area (Å²) < 4.78 is 1.41. The molecule has 1 aromatic rings. The molecule has 1 unspecified atom stereocenters. The van der Waals surface area contributed by atoms with E-state index in [2.05, 4.69) is 46.3 Å². The average Bonchev–Trinajstić information content (AvgIpc) is 2.62. The second kappa shape index (κ2) is 6.36. The van der Waals surface area contributed by atoms with Crippen molar-refractivity contribution in [2.75, 3.05) is 6.54 Å². The average molecular weight is 349 g/mol. The first-order valence-electron chi connectivity index (χ1n) is 6.27. The van der Waals surface area contributed by atoms with E-state index in [0.29, 0.717) is 6.04 Å². The molecule has 1 heterocycles. The minimum absolute atomic E-state index is 0.602. The molecule has 0 aliphatic heterocycles. The van der Waals surface area contributed by atoms with E-state index in [0.717, 1.165) is 12.5 Å². The smallest absolute Gasteiger partial charge is 0.0656 e. The van der Waals surface area contributed by atoms with Crippen LogP contribution in [0.1, 0.15) is 50.6 Å². The third kappa shape index (κ3) is 3.44. The number of hydrogen-bond acceptors (Lipinski definition) is 2. The molecule has 1 N–H and O–H groups in total. The van der Waals surface area contributed by atoms with Crippen LogP contribution in [0.2, 0.25) is 0 Å². The predicted octanol–water partition coefficient (Wildman–Crippen LogP) is 4.58. The van der Waals surface area contributed by atoms with Gasteiger partial charge in [0.05, 0.1) is 2.88 Å². The van der Waals surface area contributed by atoms with Gasteiger partial charge >= 0.3 is 0 Å². The quantitative estimate of drug-likeness (QED) is 0.741. The van der Waals surface area contributed by atoms with Crippen molar-refractivity contribution >= 4 is 33.9 Å². The Balaban J connectivity index is 1.95. The van der Waals surface area contributed by atoms with E-state index < -0.39 is 0 Å². The molecular weight excluding hydrogens is 329 g/mol. The maximum atomic E-state index is 3.70. The topological polar surface area (TPSA) is 12.0 Å². The molecule has 2 rings (SSSR count). The SMILES string of the molecule is CCCNC(CC1CCC1)c1csc(I)c1. The fourth-order valence-corrected chi connectivity index (χ4v) is 3.65. The van der Waals surface area contributed by atoms with Gasteiger partial charge in [-0.15, -0.1) is 11.3 Å². The molecule has 1 aliphatic rings. The van der Waals surface area contributed by atoms with Crippen molar-refractivity contribution in [2.45, 2.75) is 45.1 Å². The van der Waals surface area contributed by atoms with Gasteiger partial charge in [0, 0.05) is 6.04 Å².